The lowest BCUT2D eigenvalue weighted by Gasteiger charge is -2.38. The van der Waals surface area contributed by atoms with Crippen molar-refractivity contribution in [3.8, 4) is 0 Å². The summed E-state index contributed by atoms with van der Waals surface area (Å²) < 4.78 is 149. The second-order valence-electron chi connectivity index (χ2n) is 32.3. The van der Waals surface area contributed by atoms with Crippen molar-refractivity contribution >= 4 is 111 Å². The first-order valence-electron chi connectivity index (χ1n) is 43.7. The van der Waals surface area contributed by atoms with Crippen molar-refractivity contribution in [2.45, 2.75) is 92.0 Å². The van der Waals surface area contributed by atoms with Crippen LogP contribution in [-0.4, -0.2) is 152 Å². The number of benzene rings is 8. The Kier molecular flexibility index (Phi) is 34.0. The molecule has 0 bridgehead atoms. The van der Waals surface area contributed by atoms with Crippen LogP contribution in [-0.2, 0) is 57.4 Å². The van der Waals surface area contributed by atoms with Crippen LogP contribution in [0.15, 0.2) is 291 Å². The summed E-state index contributed by atoms with van der Waals surface area (Å²) in [7, 11) is 0. The molecule has 0 amide bonds. The number of rotatable bonds is 26. The highest BCUT2D eigenvalue weighted by molar-refractivity contribution is 8.00. The molecule has 4 aliphatic heterocycles. The minimum atomic E-state index is -4.55. The van der Waals surface area contributed by atoms with Crippen molar-refractivity contribution in [2.24, 2.45) is 0 Å². The van der Waals surface area contributed by atoms with Crippen molar-refractivity contribution < 1.29 is 48.3 Å². The van der Waals surface area contributed by atoms with Crippen molar-refractivity contribution in [2.75, 3.05) is 83.8 Å². The number of nitrogens with one attached hydrogen (secondary N) is 1. The van der Waals surface area contributed by atoms with Gasteiger partial charge in [-0.25, -0.2) is 70.8 Å². The lowest BCUT2D eigenvalue weighted by atomic mass is 10.00. The van der Waals surface area contributed by atoms with Gasteiger partial charge in [0.15, 0.2) is 5.69 Å². The highest BCUT2D eigenvalue weighted by Gasteiger charge is 2.36. The zero-order valence-electron chi connectivity index (χ0n) is 74.4. The number of hydrogen-bond acceptors (Lipinski definition) is 24. The third-order valence-corrected chi connectivity index (χ3v) is 26.4. The predicted octanol–water partition coefficient (Wildman–Crippen LogP) is 17.6. The molecule has 15 aromatic rings. The summed E-state index contributed by atoms with van der Waals surface area (Å²) in [5.41, 5.74) is 5.80. The van der Waals surface area contributed by atoms with Gasteiger partial charge in [-0.05, 0) is 203 Å². The van der Waals surface area contributed by atoms with Gasteiger partial charge in [-0.2, -0.15) is 68.1 Å². The van der Waals surface area contributed by atoms with Crippen molar-refractivity contribution in [3.05, 3.63) is 413 Å². The molecule has 11 heterocycles. The number of alkyl halides is 6. The average molecular weight is 2050 g/mol. The minimum absolute atomic E-state index is 0.0194. The van der Waals surface area contributed by atoms with Gasteiger partial charge in [-0.1, -0.05) is 132 Å². The molecule has 19 rings (SSSR count). The molecule has 27 nitrogen and oxygen atoms in total. The molecular weight excluding hydrogens is 1960 g/mol. The molecule has 4 aliphatic rings. The van der Waals surface area contributed by atoms with Gasteiger partial charge in [0.1, 0.15) is 72.3 Å². The van der Waals surface area contributed by atoms with E-state index >= 15 is 0 Å². The Hall–Kier alpha value is -14.0. The largest absolute Gasteiger partial charge is 0.435 e. The number of hydrogen-bond donors (Lipinski definition) is 1. The fourth-order valence-electron chi connectivity index (χ4n) is 14.5. The Morgan fingerprint density at radius 2 is 0.780 bits per heavy atom. The Bertz CT molecular complexity index is 6960. The van der Waals surface area contributed by atoms with Gasteiger partial charge in [0.2, 0.25) is 29.7 Å². The molecule has 0 unspecified atom stereocenters. The highest BCUT2D eigenvalue weighted by atomic mass is 35.5. The summed E-state index contributed by atoms with van der Waals surface area (Å²) in [6.07, 6.45) is 6.20. The second-order valence-corrected chi connectivity index (χ2v) is 37.4. The lowest BCUT2D eigenvalue weighted by Crippen LogP contribution is -2.50. The number of halogens is 14. The SMILES string of the molecule is O=c1nc(N2CC(SCc3ccc(F)cc3)C2)ncn1Cc1ccc(Cl)cc1.O=c1nc(N2CC(Sc3ccc(F)cc3)C2)ncn1Cc1ccc(Cl)cc1.O=c1nc(N2CC=C(c3ccc(F)cc3)CC2)ncn1Cc1ccc(C(F)(F)F)s1.O=c1nc(N2CC=C(c3ccc(F)cc3)CC2)ncn1Cn1ccc(C(F)(F)F)n1.O=c1nc(NCCCc2ccc(F)cc2)ncn1Cc1ccc(Cl)cc1. The lowest BCUT2D eigenvalue weighted by molar-refractivity contribution is -0.141. The Morgan fingerprint density at radius 1 is 0.397 bits per heavy atom. The number of anilines is 5. The molecule has 1 N–H and O–H groups in total. The Labute approximate surface area is 825 Å². The number of aryl methyl sites for hydroxylation is 1. The molecule has 0 aliphatic carbocycles. The average Bonchev–Trinajstić information content (AvgIpc) is 1.55. The normalized spacial score (nSPS) is 13.7. The van der Waals surface area contributed by atoms with Crippen LogP contribution in [0.1, 0.15) is 73.7 Å². The van der Waals surface area contributed by atoms with E-state index in [2.05, 4.69) is 60.3 Å². The molecule has 0 atom stereocenters. The summed E-state index contributed by atoms with van der Waals surface area (Å²) in [5, 5.41) is 9.23. The maximum Gasteiger partial charge on any atom is 0.435 e. The number of aromatic nitrogens is 17. The molecule has 8 aromatic carbocycles. The van der Waals surface area contributed by atoms with Crippen molar-refractivity contribution in [1.82, 2.24) is 82.5 Å². The molecule has 141 heavy (non-hydrogen) atoms. The summed E-state index contributed by atoms with van der Waals surface area (Å²) in [4.78, 5) is 111. The molecule has 2 fully saturated rings. The summed E-state index contributed by atoms with van der Waals surface area (Å²) in [5.74, 6) is 1.30. The number of thioether (sulfide) groups is 2. The van der Waals surface area contributed by atoms with Crippen molar-refractivity contribution in [1.29, 1.82) is 0 Å². The van der Waals surface area contributed by atoms with Crippen LogP contribution < -0.4 is 53.4 Å². The fourth-order valence-corrected chi connectivity index (χ4v) is 18.1. The van der Waals surface area contributed by atoms with Crippen LogP contribution in [0.4, 0.5) is 78.0 Å². The molecule has 728 valence electrons. The quantitative estimate of drug-likeness (QED) is 0.0389. The molecule has 44 heteroatoms. The van der Waals surface area contributed by atoms with E-state index < -0.39 is 34.3 Å². The van der Waals surface area contributed by atoms with Crippen LogP contribution in [0.25, 0.3) is 11.1 Å². The van der Waals surface area contributed by atoms with E-state index in [4.69, 9.17) is 34.8 Å². The Morgan fingerprint density at radius 3 is 1.18 bits per heavy atom. The van der Waals surface area contributed by atoms with E-state index in [0.717, 1.165) is 127 Å². The van der Waals surface area contributed by atoms with E-state index in [1.54, 1.807) is 96.7 Å². The summed E-state index contributed by atoms with van der Waals surface area (Å²) in [6.45, 7) is 6.81. The topological polar surface area (TPSA) is 282 Å². The summed E-state index contributed by atoms with van der Waals surface area (Å²) >= 11 is 21.7. The first-order chi connectivity index (χ1) is 67.8. The standard InChI is InChI=1S/C20H18ClFN4OS.C20H16F4N4OS.C19H16ClFN4OS.C19H18ClFN4O.C19H16F4N6O/c21-16-5-1-14(2-6-16)9-26-13-23-19(24-20(26)27)25-10-18(11-25)28-12-15-3-7-17(22)8-4-15;21-15-3-1-13(2-4-15)14-7-9-27(10-8-14)18-25-12-28(19(29)26-18)11-16-5-6-17(30-16)20(22,23)24;20-14-3-1-13(2-4-14)9-25-12-22-18(23-19(25)26)24-10-17(11-24)27-16-7-5-15(21)6-8-16;20-16-7-3-15(4-8-16)12-25-13-23-18(24-19(25)26)22-11-1-2-14-5-9-17(21)10-6-14;20-15-3-1-13(2-4-15)14-5-8-27(9-6-14)17-24-11-28(18(30)25-17)12-29-10-7-16(26-29)19(21,22)23/h1-8,13,18H,9-12H2;1-7,12H,8-11H2;1-8,12,17H,9-11H2;3-10,13H,1-2,11-12H2,(H,22,24,26);1-5,7,10-11H,6,8-9,12H2. The van der Waals surface area contributed by atoms with E-state index in [1.807, 2.05) is 92.0 Å². The highest BCUT2D eigenvalue weighted by Crippen LogP contribution is 2.37. The first-order valence-corrected chi connectivity index (χ1v) is 47.5. The van der Waals surface area contributed by atoms with Crippen LogP contribution in [0.3, 0.4) is 0 Å². The van der Waals surface area contributed by atoms with E-state index in [0.29, 0.717) is 125 Å². The smallest absolute Gasteiger partial charge is 0.354 e. The number of thiophene rings is 1. The number of nitrogens with zero attached hydrogens (tertiary/aromatic N) is 21. The minimum Gasteiger partial charge on any atom is -0.354 e. The van der Waals surface area contributed by atoms with Crippen molar-refractivity contribution in [3.63, 3.8) is 0 Å². The van der Waals surface area contributed by atoms with Gasteiger partial charge in [-0.15, -0.1) is 23.1 Å². The van der Waals surface area contributed by atoms with Crippen LogP contribution >= 0.6 is 69.7 Å². The Balaban J connectivity index is 0.000000133. The maximum absolute atomic E-state index is 13.1. The molecule has 0 spiro atoms. The third-order valence-electron chi connectivity index (χ3n) is 22.1. The second kappa shape index (κ2) is 47.3. The van der Waals surface area contributed by atoms with E-state index in [9.17, 15) is 72.3 Å². The van der Waals surface area contributed by atoms with Crippen LogP contribution in [0.2, 0.25) is 15.1 Å². The van der Waals surface area contributed by atoms with Gasteiger partial charge in [0, 0.05) is 106 Å². The van der Waals surface area contributed by atoms with Crippen LogP contribution in [0.5, 0.6) is 0 Å². The zero-order valence-corrected chi connectivity index (χ0v) is 79.1. The van der Waals surface area contributed by atoms with Crippen LogP contribution in [0, 0.1) is 29.1 Å². The molecule has 2 saturated heterocycles. The molecule has 0 saturated carbocycles. The zero-order chi connectivity index (χ0) is 99.3. The van der Waals surface area contributed by atoms with E-state index in [1.165, 1.54) is 117 Å². The molecular formula is C97H84Cl3F11N22O5S3. The van der Waals surface area contributed by atoms with Gasteiger partial charge >= 0.3 is 40.8 Å². The first kappa shape index (κ1) is 101. The predicted molar refractivity (Wildman–Crippen MR) is 522 cm³/mol. The van der Waals surface area contributed by atoms with Gasteiger partial charge in [-0.3, -0.25) is 27.5 Å². The van der Waals surface area contributed by atoms with Gasteiger partial charge < -0.3 is 24.9 Å². The maximum atomic E-state index is 13.1. The van der Waals surface area contributed by atoms with Gasteiger partial charge in [0.05, 0.1) is 26.2 Å². The van der Waals surface area contributed by atoms with Gasteiger partial charge in [0.25, 0.3) is 0 Å². The third kappa shape index (κ3) is 29.3. The summed E-state index contributed by atoms with van der Waals surface area (Å²) in [6, 6.07) is 57.1. The monoisotopic (exact) mass is 2050 g/mol. The van der Waals surface area contributed by atoms with E-state index in [-0.39, 0.29) is 71.3 Å². The fraction of sp³-hybridized carbons (Fsp3) is 0.237. The molecule has 7 aromatic heterocycles. The molecule has 0 radical (unpaired) electrons.